The van der Waals surface area contributed by atoms with E-state index in [2.05, 4.69) is 21.3 Å². The standard InChI is InChI=1S/C45H60ClN5O14/c1-5-40(62)65-45(26(2)19-30-29-11-10-27-20-28(52)16-17-42(27,3)44(29,46)32(53)21-43(30,45)4)33(54)24-64-25-49-35(56)22-48-41(63)31(12-15-39(60)61)50-36(57)23-47-34(55)9-7-6-8-18-51-37(58)13-14-38(51)59/h13-14,16-17,20,26,29-32,53H,5-12,15,18-19,21-25H2,1-4H3,(H,47,55)(H,48,63)(H,49,56)(H,50,57)(H,60,61)/t26-,29-,30?,31-,32-,42-,43-,44-,45-/m0/s1. The molecule has 1 heterocycles. The van der Waals surface area contributed by atoms with Gasteiger partial charge in [0, 0.05) is 54.7 Å². The lowest BCUT2D eigenvalue weighted by Gasteiger charge is -2.64. The number of alkyl halides is 1. The maximum absolute atomic E-state index is 14.4. The summed E-state index contributed by atoms with van der Waals surface area (Å²) < 4.78 is 11.8. The van der Waals surface area contributed by atoms with E-state index >= 15 is 0 Å². The molecule has 0 bridgehead atoms. The van der Waals surface area contributed by atoms with E-state index < -0.39 is 114 Å². The lowest BCUT2D eigenvalue weighted by Crippen LogP contribution is -2.69. The molecule has 3 fully saturated rings. The van der Waals surface area contributed by atoms with Crippen LogP contribution in [0.3, 0.4) is 0 Å². The summed E-state index contributed by atoms with van der Waals surface area (Å²) in [6, 6.07) is -1.37. The van der Waals surface area contributed by atoms with E-state index in [-0.39, 0.29) is 61.7 Å². The Morgan fingerprint density at radius 3 is 2.28 bits per heavy atom. The zero-order chi connectivity index (χ0) is 47.9. The average Bonchev–Trinajstić information content (AvgIpc) is 3.69. The molecule has 5 rings (SSSR count). The first-order valence-electron chi connectivity index (χ1n) is 22.1. The molecule has 4 aliphatic carbocycles. The number of amides is 6. The summed E-state index contributed by atoms with van der Waals surface area (Å²) in [5, 5.41) is 30.8. The molecule has 20 heteroatoms. The number of hydrogen-bond donors (Lipinski definition) is 6. The van der Waals surface area contributed by atoms with Gasteiger partial charge in [-0.05, 0) is 68.9 Å². The third-order valence-corrected chi connectivity index (χ3v) is 15.0. The van der Waals surface area contributed by atoms with Gasteiger partial charge in [-0.3, -0.25) is 52.8 Å². The molecule has 0 spiro atoms. The molecular formula is C45H60ClN5O14. The molecule has 6 amide bonds. The molecule has 0 aromatic carbocycles. The highest BCUT2D eigenvalue weighted by Crippen LogP contribution is 2.72. The molecule has 0 aromatic rings. The van der Waals surface area contributed by atoms with Crippen molar-refractivity contribution in [3.8, 4) is 0 Å². The molecule has 19 nitrogen and oxygen atoms in total. The summed E-state index contributed by atoms with van der Waals surface area (Å²) in [5.74, 6) is -7.30. The molecule has 0 radical (unpaired) electrons. The van der Waals surface area contributed by atoms with Crippen molar-refractivity contribution in [2.24, 2.45) is 28.6 Å². The molecule has 65 heavy (non-hydrogen) atoms. The highest BCUT2D eigenvalue weighted by molar-refractivity contribution is 6.26. The van der Waals surface area contributed by atoms with E-state index in [4.69, 9.17) is 21.1 Å². The molecule has 5 aliphatic rings. The number of halogens is 1. The summed E-state index contributed by atoms with van der Waals surface area (Å²) in [4.78, 5) is 125. The minimum absolute atomic E-state index is 0.0169. The van der Waals surface area contributed by atoms with Gasteiger partial charge in [-0.25, -0.2) is 0 Å². The zero-order valence-corrected chi connectivity index (χ0v) is 38.0. The first-order chi connectivity index (χ1) is 30.6. The Labute approximate surface area is 381 Å². The first-order valence-corrected chi connectivity index (χ1v) is 22.5. The highest BCUT2D eigenvalue weighted by atomic mass is 35.5. The maximum atomic E-state index is 14.4. The lowest BCUT2D eigenvalue weighted by atomic mass is 9.45. The van der Waals surface area contributed by atoms with E-state index in [0.29, 0.717) is 38.5 Å². The summed E-state index contributed by atoms with van der Waals surface area (Å²) in [6.07, 6.45) is 8.29. The smallest absolute Gasteiger partial charge is 0.306 e. The number of nitrogens with one attached hydrogen (secondary N) is 4. The normalized spacial score (nSPS) is 30.3. The second-order valence-corrected chi connectivity index (χ2v) is 18.6. The van der Waals surface area contributed by atoms with Crippen LogP contribution in [0, 0.1) is 28.6 Å². The number of aliphatic carboxylic acids is 1. The Hall–Kier alpha value is -5.27. The fraction of sp³-hybridized carbons (Fsp3) is 0.644. The van der Waals surface area contributed by atoms with Crippen molar-refractivity contribution in [3.63, 3.8) is 0 Å². The number of carboxylic acid groups (broad SMARTS) is 1. The van der Waals surface area contributed by atoms with Gasteiger partial charge in [-0.1, -0.05) is 45.8 Å². The Morgan fingerprint density at radius 1 is 0.908 bits per heavy atom. The van der Waals surface area contributed by atoms with Crippen LogP contribution in [0.2, 0.25) is 0 Å². The molecule has 1 aliphatic heterocycles. The van der Waals surface area contributed by atoms with Crippen molar-refractivity contribution in [2.45, 2.75) is 121 Å². The number of aliphatic hydroxyl groups is 1. The number of imide groups is 1. The van der Waals surface area contributed by atoms with Gasteiger partial charge in [-0.2, -0.15) is 0 Å². The SMILES string of the molecule is CCC(=O)O[C@]1(C(=O)COCNC(=O)CNC(=O)[C@H](CCC(=O)O)NC(=O)CNC(=O)CCCCCN2C(=O)C=CC2=O)[C@@H](C)CC2[C@@H]3CCC4=CC(=O)C=C[C@]4(C)[C@@]3(Cl)[C@@H](O)C[C@@]21C. The number of aliphatic hydroxyl groups excluding tert-OH is 1. The number of nitrogens with zero attached hydrogens (tertiary/aromatic N) is 1. The van der Waals surface area contributed by atoms with Crippen LogP contribution >= 0.6 is 11.6 Å². The summed E-state index contributed by atoms with van der Waals surface area (Å²) in [6.45, 7) is 5.22. The molecule has 3 saturated carbocycles. The van der Waals surface area contributed by atoms with Crippen molar-refractivity contribution in [3.05, 3.63) is 36.0 Å². The van der Waals surface area contributed by atoms with E-state index in [1.807, 2.05) is 20.8 Å². The minimum atomic E-state index is -1.71. The molecule has 9 atom stereocenters. The second kappa shape index (κ2) is 20.9. The number of ketones is 2. The van der Waals surface area contributed by atoms with Crippen molar-refractivity contribution < 1.29 is 67.6 Å². The van der Waals surface area contributed by atoms with Crippen LogP contribution in [0.25, 0.3) is 0 Å². The van der Waals surface area contributed by atoms with Gasteiger partial charge in [0.25, 0.3) is 11.8 Å². The molecule has 356 valence electrons. The van der Waals surface area contributed by atoms with Crippen molar-refractivity contribution in [2.75, 3.05) is 33.0 Å². The quantitative estimate of drug-likeness (QED) is 0.0294. The number of ether oxygens (including phenoxy) is 2. The first kappa shape index (κ1) is 50.7. The predicted octanol–water partition coefficient (Wildman–Crippen LogP) is 1.29. The fourth-order valence-electron chi connectivity index (χ4n) is 10.8. The average molecular weight is 930 g/mol. The number of Topliss-reactive ketones (excluding diaryl/α,β-unsaturated/α-hetero) is 1. The van der Waals surface area contributed by atoms with Crippen LogP contribution in [0.5, 0.6) is 0 Å². The van der Waals surface area contributed by atoms with Gasteiger partial charge < -0.3 is 41.0 Å². The van der Waals surface area contributed by atoms with Crippen LogP contribution in [-0.2, 0) is 57.4 Å². The van der Waals surface area contributed by atoms with Gasteiger partial charge >= 0.3 is 11.9 Å². The monoisotopic (exact) mass is 929 g/mol. The number of rotatable bonds is 22. The number of carbonyl (C=O) groups is 10. The number of carboxylic acids is 1. The topological polar surface area (TPSA) is 281 Å². The molecular weight excluding hydrogens is 870 g/mol. The Morgan fingerprint density at radius 2 is 1.60 bits per heavy atom. The Kier molecular flexibility index (Phi) is 16.3. The summed E-state index contributed by atoms with van der Waals surface area (Å²) >= 11 is 7.57. The second-order valence-electron chi connectivity index (χ2n) is 18.0. The largest absolute Gasteiger partial charge is 0.481 e. The fourth-order valence-corrected chi connectivity index (χ4v) is 11.3. The zero-order valence-electron chi connectivity index (χ0n) is 37.2. The highest BCUT2D eigenvalue weighted by Gasteiger charge is 2.76. The predicted molar refractivity (Wildman–Crippen MR) is 230 cm³/mol. The molecule has 0 aromatic heterocycles. The maximum Gasteiger partial charge on any atom is 0.306 e. The van der Waals surface area contributed by atoms with Crippen LogP contribution in [-0.4, -0.2) is 130 Å². The van der Waals surface area contributed by atoms with Gasteiger partial charge in [-0.15, -0.1) is 11.6 Å². The number of carbonyl (C=O) groups excluding carboxylic acids is 9. The number of esters is 1. The van der Waals surface area contributed by atoms with Crippen LogP contribution in [0.4, 0.5) is 0 Å². The van der Waals surface area contributed by atoms with Gasteiger partial charge in [0.1, 0.15) is 19.4 Å². The third kappa shape index (κ3) is 10.4. The van der Waals surface area contributed by atoms with Crippen LogP contribution < -0.4 is 21.3 Å². The van der Waals surface area contributed by atoms with E-state index in [0.717, 1.165) is 10.5 Å². The van der Waals surface area contributed by atoms with Gasteiger partial charge in [0.05, 0.1) is 24.1 Å². The number of allylic oxidation sites excluding steroid dienone is 4. The van der Waals surface area contributed by atoms with Crippen molar-refractivity contribution in [1.82, 2.24) is 26.2 Å². The lowest BCUT2D eigenvalue weighted by molar-refractivity contribution is -0.203. The molecule has 6 N–H and O–H groups in total. The van der Waals surface area contributed by atoms with Crippen LogP contribution in [0.1, 0.15) is 98.3 Å². The number of fused-ring (bicyclic) bond motifs is 5. The Bertz CT molecular complexity index is 2040. The van der Waals surface area contributed by atoms with E-state index in [1.165, 1.54) is 18.2 Å². The Balaban J connectivity index is 1.11. The van der Waals surface area contributed by atoms with E-state index in [9.17, 15) is 58.2 Å². The summed E-state index contributed by atoms with van der Waals surface area (Å²) in [7, 11) is 0. The van der Waals surface area contributed by atoms with Gasteiger partial charge in [0.15, 0.2) is 11.4 Å². The molecule has 0 saturated heterocycles. The number of unbranched alkanes of at least 4 members (excludes halogenated alkanes) is 2. The van der Waals surface area contributed by atoms with Gasteiger partial charge in [0.2, 0.25) is 29.4 Å². The third-order valence-electron chi connectivity index (χ3n) is 14.1. The van der Waals surface area contributed by atoms with Crippen molar-refractivity contribution >= 4 is 70.5 Å². The molecule has 1 unspecified atom stereocenters. The van der Waals surface area contributed by atoms with E-state index in [1.54, 1.807) is 19.1 Å². The number of hydrogen-bond acceptors (Lipinski definition) is 13. The summed E-state index contributed by atoms with van der Waals surface area (Å²) in [5.41, 5.74) is -2.77. The van der Waals surface area contributed by atoms with Crippen LogP contribution in [0.15, 0.2) is 36.0 Å². The van der Waals surface area contributed by atoms with Crippen molar-refractivity contribution in [1.29, 1.82) is 0 Å². The minimum Gasteiger partial charge on any atom is -0.481 e.